The highest BCUT2D eigenvalue weighted by atomic mass is 19.1. The molecule has 0 aromatic heterocycles. The molecule has 2 heteroatoms. The van der Waals surface area contributed by atoms with Crippen molar-refractivity contribution in [3.05, 3.63) is 35.1 Å². The maximum Gasteiger partial charge on any atom is 0.126 e. The molecule has 2 unspecified atom stereocenters. The topological polar surface area (TPSA) is 26.0 Å². The summed E-state index contributed by atoms with van der Waals surface area (Å²) < 4.78 is 13.8. The lowest BCUT2D eigenvalue weighted by molar-refractivity contribution is 0.479. The van der Waals surface area contributed by atoms with Crippen molar-refractivity contribution in [3.8, 4) is 0 Å². The van der Waals surface area contributed by atoms with Gasteiger partial charge in [0.2, 0.25) is 0 Å². The molecule has 88 valence electrons. The first-order valence-corrected chi connectivity index (χ1v) is 6.20. The Bertz CT molecular complexity index is 362. The Morgan fingerprint density at radius 2 is 1.94 bits per heavy atom. The molecule has 0 spiro atoms. The SMILES string of the molecule is Cc1ccc(F)c(C2CCCCCC2N)c1. The standard InChI is InChI=1S/C14H20FN/c1-10-7-8-13(15)12(9-10)11-5-3-2-4-6-14(11)16/h7-9,11,14H,2-6,16H2,1H3. The van der Waals surface area contributed by atoms with Gasteiger partial charge < -0.3 is 5.73 Å². The van der Waals surface area contributed by atoms with Crippen LogP contribution in [-0.2, 0) is 0 Å². The van der Waals surface area contributed by atoms with Crippen LogP contribution < -0.4 is 5.73 Å². The summed E-state index contributed by atoms with van der Waals surface area (Å²) >= 11 is 0. The summed E-state index contributed by atoms with van der Waals surface area (Å²) in [7, 11) is 0. The second-order valence-corrected chi connectivity index (χ2v) is 4.93. The molecule has 2 atom stereocenters. The molecular formula is C14H20FN. The van der Waals surface area contributed by atoms with E-state index in [0.717, 1.165) is 24.0 Å². The number of hydrogen-bond acceptors (Lipinski definition) is 1. The van der Waals surface area contributed by atoms with Gasteiger partial charge in [0.25, 0.3) is 0 Å². The molecule has 1 nitrogen and oxygen atoms in total. The van der Waals surface area contributed by atoms with Gasteiger partial charge >= 0.3 is 0 Å². The van der Waals surface area contributed by atoms with Crippen LogP contribution in [0.1, 0.15) is 49.1 Å². The minimum Gasteiger partial charge on any atom is -0.327 e. The van der Waals surface area contributed by atoms with Crippen LogP contribution in [0.15, 0.2) is 18.2 Å². The molecule has 2 rings (SSSR count). The maximum absolute atomic E-state index is 13.8. The predicted molar refractivity (Wildman–Crippen MR) is 64.9 cm³/mol. The average molecular weight is 221 g/mol. The molecule has 1 aliphatic rings. The molecule has 1 saturated carbocycles. The molecule has 1 aliphatic carbocycles. The van der Waals surface area contributed by atoms with Crippen molar-refractivity contribution in [1.82, 2.24) is 0 Å². The lowest BCUT2D eigenvalue weighted by atomic mass is 9.87. The van der Waals surface area contributed by atoms with E-state index in [0.29, 0.717) is 0 Å². The average Bonchev–Trinajstić information content (AvgIpc) is 2.47. The molecule has 16 heavy (non-hydrogen) atoms. The van der Waals surface area contributed by atoms with Crippen LogP contribution in [0, 0.1) is 12.7 Å². The van der Waals surface area contributed by atoms with Crippen molar-refractivity contribution < 1.29 is 4.39 Å². The van der Waals surface area contributed by atoms with Gasteiger partial charge in [-0.05, 0) is 31.4 Å². The van der Waals surface area contributed by atoms with E-state index in [9.17, 15) is 4.39 Å². The normalized spacial score (nSPS) is 26.4. The number of halogens is 1. The number of hydrogen-bond donors (Lipinski definition) is 1. The molecule has 0 saturated heterocycles. The molecule has 1 aromatic rings. The van der Waals surface area contributed by atoms with E-state index in [1.807, 2.05) is 19.1 Å². The van der Waals surface area contributed by atoms with E-state index in [-0.39, 0.29) is 17.8 Å². The molecule has 0 heterocycles. The zero-order valence-corrected chi connectivity index (χ0v) is 9.88. The van der Waals surface area contributed by atoms with Crippen molar-refractivity contribution in [2.45, 2.75) is 51.0 Å². The van der Waals surface area contributed by atoms with Crippen molar-refractivity contribution in [2.24, 2.45) is 5.73 Å². The zero-order valence-electron chi connectivity index (χ0n) is 9.88. The molecule has 1 fully saturated rings. The second-order valence-electron chi connectivity index (χ2n) is 4.93. The van der Waals surface area contributed by atoms with Gasteiger partial charge in [-0.2, -0.15) is 0 Å². The minimum atomic E-state index is -0.0899. The molecule has 0 aliphatic heterocycles. The van der Waals surface area contributed by atoms with E-state index in [1.165, 1.54) is 19.3 Å². The summed E-state index contributed by atoms with van der Waals surface area (Å²) in [6.45, 7) is 2.01. The fourth-order valence-electron chi connectivity index (χ4n) is 2.67. The van der Waals surface area contributed by atoms with Gasteiger partial charge in [0.1, 0.15) is 5.82 Å². The number of aryl methyl sites for hydroxylation is 1. The summed E-state index contributed by atoms with van der Waals surface area (Å²) in [5.41, 5.74) is 8.11. The summed E-state index contributed by atoms with van der Waals surface area (Å²) in [5.74, 6) is 0.121. The Morgan fingerprint density at radius 1 is 1.19 bits per heavy atom. The number of rotatable bonds is 1. The van der Waals surface area contributed by atoms with Crippen molar-refractivity contribution >= 4 is 0 Å². The van der Waals surface area contributed by atoms with Gasteiger partial charge in [-0.3, -0.25) is 0 Å². The lowest BCUT2D eigenvalue weighted by Crippen LogP contribution is -2.27. The molecule has 0 bridgehead atoms. The fraction of sp³-hybridized carbons (Fsp3) is 0.571. The van der Waals surface area contributed by atoms with Crippen LogP contribution >= 0.6 is 0 Å². The quantitative estimate of drug-likeness (QED) is 0.721. The monoisotopic (exact) mass is 221 g/mol. The Balaban J connectivity index is 2.29. The van der Waals surface area contributed by atoms with Gasteiger partial charge in [-0.15, -0.1) is 0 Å². The van der Waals surface area contributed by atoms with Crippen LogP contribution in [0.5, 0.6) is 0 Å². The Morgan fingerprint density at radius 3 is 2.75 bits per heavy atom. The highest BCUT2D eigenvalue weighted by Crippen LogP contribution is 2.32. The van der Waals surface area contributed by atoms with Gasteiger partial charge in [0, 0.05) is 12.0 Å². The zero-order chi connectivity index (χ0) is 11.5. The van der Waals surface area contributed by atoms with E-state index >= 15 is 0 Å². The molecule has 2 N–H and O–H groups in total. The van der Waals surface area contributed by atoms with E-state index in [1.54, 1.807) is 6.07 Å². The first-order valence-electron chi connectivity index (χ1n) is 6.20. The first kappa shape index (κ1) is 11.6. The van der Waals surface area contributed by atoms with Crippen molar-refractivity contribution in [1.29, 1.82) is 0 Å². The Labute approximate surface area is 96.9 Å². The van der Waals surface area contributed by atoms with E-state index in [4.69, 9.17) is 5.73 Å². The highest BCUT2D eigenvalue weighted by molar-refractivity contribution is 5.28. The van der Waals surface area contributed by atoms with Crippen LogP contribution in [0.25, 0.3) is 0 Å². The highest BCUT2D eigenvalue weighted by Gasteiger charge is 2.24. The summed E-state index contributed by atoms with van der Waals surface area (Å²) in [6.07, 6.45) is 5.65. The van der Waals surface area contributed by atoms with Gasteiger partial charge in [-0.1, -0.05) is 37.0 Å². The van der Waals surface area contributed by atoms with Crippen LogP contribution in [0.3, 0.4) is 0 Å². The third kappa shape index (κ3) is 2.43. The predicted octanol–water partition coefficient (Wildman–Crippen LogP) is 3.51. The summed E-state index contributed by atoms with van der Waals surface area (Å²) in [4.78, 5) is 0. The van der Waals surface area contributed by atoms with Gasteiger partial charge in [0.15, 0.2) is 0 Å². The van der Waals surface area contributed by atoms with Crippen LogP contribution in [0.2, 0.25) is 0 Å². The summed E-state index contributed by atoms with van der Waals surface area (Å²) in [5, 5.41) is 0. The Kier molecular flexibility index (Phi) is 3.59. The van der Waals surface area contributed by atoms with E-state index < -0.39 is 0 Å². The lowest BCUT2D eigenvalue weighted by Gasteiger charge is -2.22. The molecule has 0 amide bonds. The van der Waals surface area contributed by atoms with Gasteiger partial charge in [0.05, 0.1) is 0 Å². The second kappa shape index (κ2) is 4.96. The van der Waals surface area contributed by atoms with E-state index in [2.05, 4.69) is 0 Å². The van der Waals surface area contributed by atoms with Crippen molar-refractivity contribution in [3.63, 3.8) is 0 Å². The van der Waals surface area contributed by atoms with Gasteiger partial charge in [-0.25, -0.2) is 4.39 Å². The minimum absolute atomic E-state index is 0.0899. The fourth-order valence-corrected chi connectivity index (χ4v) is 2.67. The largest absolute Gasteiger partial charge is 0.327 e. The first-order chi connectivity index (χ1) is 7.68. The van der Waals surface area contributed by atoms with Crippen LogP contribution in [0.4, 0.5) is 4.39 Å². The molecule has 0 radical (unpaired) electrons. The number of benzene rings is 1. The third-order valence-electron chi connectivity index (χ3n) is 3.62. The third-order valence-corrected chi connectivity index (χ3v) is 3.62. The number of nitrogens with two attached hydrogens (primary N) is 1. The Hall–Kier alpha value is -0.890. The smallest absolute Gasteiger partial charge is 0.126 e. The molecular weight excluding hydrogens is 201 g/mol. The summed E-state index contributed by atoms with van der Waals surface area (Å²) in [6, 6.07) is 5.48. The maximum atomic E-state index is 13.8. The van der Waals surface area contributed by atoms with Crippen LogP contribution in [-0.4, -0.2) is 6.04 Å². The molecule has 1 aromatic carbocycles. The van der Waals surface area contributed by atoms with Crippen molar-refractivity contribution in [2.75, 3.05) is 0 Å².